The van der Waals surface area contributed by atoms with Crippen molar-refractivity contribution in [1.29, 1.82) is 0 Å². The van der Waals surface area contributed by atoms with Gasteiger partial charge in [-0.15, -0.1) is 0 Å². The van der Waals surface area contributed by atoms with Crippen LogP contribution in [0.4, 0.5) is 0 Å². The summed E-state index contributed by atoms with van der Waals surface area (Å²) in [6.07, 6.45) is 2.38. The van der Waals surface area contributed by atoms with Crippen LogP contribution in [0.3, 0.4) is 0 Å². The van der Waals surface area contributed by atoms with Crippen molar-refractivity contribution in [2.24, 2.45) is 5.16 Å². The zero-order valence-electron chi connectivity index (χ0n) is 17.7. The molecule has 0 atom stereocenters. The maximum atomic E-state index is 5.84. The van der Waals surface area contributed by atoms with Crippen LogP contribution in [0.15, 0.2) is 74.0 Å². The van der Waals surface area contributed by atoms with Crippen molar-refractivity contribution in [2.45, 2.75) is 49.5 Å². The first-order valence-electron chi connectivity index (χ1n) is 9.64. The molecule has 0 heterocycles. The number of oxime groups is 1. The molecule has 0 fully saturated rings. The predicted octanol–water partition coefficient (Wildman–Crippen LogP) is 7.50. The molecule has 0 aliphatic rings. The Kier molecular flexibility index (Phi) is 9.89. The molecule has 0 radical (unpaired) electrons. The summed E-state index contributed by atoms with van der Waals surface area (Å²) in [6.45, 7) is 8.69. The van der Waals surface area contributed by atoms with Crippen molar-refractivity contribution in [3.8, 4) is 11.5 Å². The van der Waals surface area contributed by atoms with Gasteiger partial charge in [0, 0.05) is 9.79 Å². The predicted molar refractivity (Wildman–Crippen MR) is 126 cm³/mol. The first-order chi connectivity index (χ1) is 14.2. The van der Waals surface area contributed by atoms with Crippen molar-refractivity contribution in [3.05, 3.63) is 59.1 Å². The van der Waals surface area contributed by atoms with Crippen molar-refractivity contribution in [3.63, 3.8) is 0 Å². The van der Waals surface area contributed by atoms with Crippen LogP contribution in [0.5, 0.6) is 11.5 Å². The summed E-state index contributed by atoms with van der Waals surface area (Å²) in [4.78, 5) is 7.71. The lowest BCUT2D eigenvalue weighted by molar-refractivity contribution is -0.000142. The van der Waals surface area contributed by atoms with E-state index >= 15 is 0 Å². The lowest BCUT2D eigenvalue weighted by Gasteiger charge is -2.17. The summed E-state index contributed by atoms with van der Waals surface area (Å²) in [7, 11) is 0. The Morgan fingerprint density at radius 1 is 0.933 bits per heavy atom. The molecule has 0 N–H and O–H groups in total. The van der Waals surface area contributed by atoms with Crippen molar-refractivity contribution >= 4 is 40.7 Å². The van der Waals surface area contributed by atoms with Gasteiger partial charge in [-0.25, -0.2) is 0 Å². The van der Waals surface area contributed by atoms with Gasteiger partial charge < -0.3 is 14.3 Å². The number of halogens is 2. The molecule has 2 aromatic rings. The Labute approximate surface area is 193 Å². The first kappa shape index (κ1) is 24.4. The number of benzene rings is 2. The molecule has 0 aliphatic carbocycles. The molecule has 0 amide bonds. The van der Waals surface area contributed by atoms with E-state index in [1.165, 1.54) is 0 Å². The van der Waals surface area contributed by atoms with Gasteiger partial charge in [0.15, 0.2) is 0 Å². The smallest absolute Gasteiger partial charge is 0.130 e. The highest BCUT2D eigenvalue weighted by atomic mass is 35.5. The highest BCUT2D eigenvalue weighted by Gasteiger charge is 2.11. The monoisotopic (exact) mass is 467 g/mol. The topological polar surface area (TPSA) is 40.0 Å². The van der Waals surface area contributed by atoms with Crippen molar-refractivity contribution < 1.29 is 14.3 Å². The average Bonchev–Trinajstić information content (AvgIpc) is 2.69. The Morgan fingerprint density at radius 3 is 1.93 bits per heavy atom. The molecule has 0 unspecified atom stereocenters. The molecule has 2 aromatic carbocycles. The van der Waals surface area contributed by atoms with Crippen molar-refractivity contribution in [1.82, 2.24) is 0 Å². The van der Waals surface area contributed by atoms with E-state index in [4.69, 9.17) is 37.5 Å². The number of hydrogen-bond acceptors (Lipinski definition) is 5. The minimum atomic E-state index is -0.307. The molecule has 0 saturated carbocycles. The fraction of sp³-hybridized carbons (Fsp3) is 0.348. The highest BCUT2D eigenvalue weighted by molar-refractivity contribution is 7.99. The quantitative estimate of drug-likeness (QED) is 0.267. The zero-order chi connectivity index (χ0) is 22.0. The van der Waals surface area contributed by atoms with Crippen LogP contribution in [0.1, 0.15) is 34.1 Å². The molecular weight excluding hydrogens is 441 g/mol. The van der Waals surface area contributed by atoms with E-state index in [0.29, 0.717) is 13.2 Å². The minimum Gasteiger partial charge on any atom is -0.489 e. The van der Waals surface area contributed by atoms with Gasteiger partial charge in [-0.1, -0.05) is 47.0 Å². The number of hydrogen-bond donors (Lipinski definition) is 0. The molecule has 0 aromatic heterocycles. The fourth-order valence-corrected chi connectivity index (χ4v) is 3.05. The zero-order valence-corrected chi connectivity index (χ0v) is 20.0. The number of nitrogens with zero attached hydrogens (tertiary/aromatic N) is 1. The van der Waals surface area contributed by atoms with Gasteiger partial charge in [-0.05, 0) is 81.8 Å². The van der Waals surface area contributed by atoms with E-state index in [-0.39, 0.29) is 10.1 Å². The van der Waals surface area contributed by atoms with E-state index in [9.17, 15) is 0 Å². The van der Waals surface area contributed by atoms with Crippen LogP contribution in [-0.2, 0) is 4.84 Å². The number of rotatable bonds is 10. The minimum absolute atomic E-state index is 0.200. The summed E-state index contributed by atoms with van der Waals surface area (Å²) in [6, 6.07) is 15.8. The summed E-state index contributed by atoms with van der Waals surface area (Å²) in [5.41, 5.74) is 0.563. The third-order valence-corrected chi connectivity index (χ3v) is 4.96. The summed E-state index contributed by atoms with van der Waals surface area (Å²) in [5.74, 6) is 1.56. The Hall–Kier alpha value is -1.82. The summed E-state index contributed by atoms with van der Waals surface area (Å²) in [5, 5.41) is 4.20. The summed E-state index contributed by atoms with van der Waals surface area (Å²) < 4.78 is 11.6. The van der Waals surface area contributed by atoms with Gasteiger partial charge >= 0.3 is 0 Å². The van der Waals surface area contributed by atoms with E-state index in [0.717, 1.165) is 33.4 Å². The molecule has 0 bridgehead atoms. The van der Waals surface area contributed by atoms with Crippen LogP contribution in [0, 0.1) is 0 Å². The van der Waals surface area contributed by atoms with Gasteiger partial charge in [0.25, 0.3) is 0 Å². The van der Waals surface area contributed by atoms with Gasteiger partial charge in [0.1, 0.15) is 34.8 Å². The Balaban J connectivity index is 1.86. The van der Waals surface area contributed by atoms with Crippen LogP contribution in [0.2, 0.25) is 0 Å². The summed E-state index contributed by atoms with van der Waals surface area (Å²) >= 11 is 12.8. The normalized spacial score (nSPS) is 11.7. The maximum Gasteiger partial charge on any atom is 0.130 e. The first-order valence-corrected chi connectivity index (χ1v) is 11.2. The maximum absolute atomic E-state index is 5.84. The second kappa shape index (κ2) is 12.1. The molecule has 30 heavy (non-hydrogen) atoms. The molecule has 0 aliphatic heterocycles. The van der Waals surface area contributed by atoms with Crippen LogP contribution in [0.25, 0.3) is 0 Å². The fourth-order valence-electron chi connectivity index (χ4n) is 2.11. The number of ether oxygens (including phenoxy) is 2. The lowest BCUT2D eigenvalue weighted by Crippen LogP contribution is -2.19. The van der Waals surface area contributed by atoms with Crippen LogP contribution in [-0.4, -0.2) is 24.5 Å². The van der Waals surface area contributed by atoms with Crippen molar-refractivity contribution in [2.75, 3.05) is 13.2 Å². The largest absolute Gasteiger partial charge is 0.489 e. The average molecular weight is 468 g/mol. The molecular formula is C23H27Cl2NO3S. The second-order valence-corrected chi connectivity index (χ2v) is 9.51. The van der Waals surface area contributed by atoms with Gasteiger partial charge in [0.2, 0.25) is 0 Å². The molecule has 0 saturated heterocycles. The van der Waals surface area contributed by atoms with Crippen LogP contribution >= 0.6 is 35.0 Å². The van der Waals surface area contributed by atoms with Crippen LogP contribution < -0.4 is 9.47 Å². The highest BCUT2D eigenvalue weighted by Crippen LogP contribution is 2.30. The molecule has 7 heteroatoms. The van der Waals surface area contributed by atoms with Gasteiger partial charge in [-0.3, -0.25) is 0 Å². The molecule has 0 spiro atoms. The Morgan fingerprint density at radius 2 is 1.47 bits per heavy atom. The molecule has 2 rings (SSSR count). The van der Waals surface area contributed by atoms with E-state index < -0.39 is 0 Å². The van der Waals surface area contributed by atoms with E-state index in [1.807, 2.05) is 76.2 Å². The molecule has 4 nitrogen and oxygen atoms in total. The van der Waals surface area contributed by atoms with Gasteiger partial charge in [0.05, 0.1) is 5.71 Å². The molecule has 162 valence electrons. The lowest BCUT2D eigenvalue weighted by atomic mass is 10.2. The SMILES string of the molecule is CCC(COc1ccc(Sc2ccc(OCC=C(Cl)Cl)cc2)cc1)=NOC(C)(C)C. The third kappa shape index (κ3) is 9.79. The third-order valence-electron chi connectivity index (χ3n) is 3.63. The second-order valence-electron chi connectivity index (χ2n) is 7.35. The van der Waals surface area contributed by atoms with E-state index in [2.05, 4.69) is 5.16 Å². The Bertz CT molecular complexity index is 840. The van der Waals surface area contributed by atoms with E-state index in [1.54, 1.807) is 17.8 Å². The van der Waals surface area contributed by atoms with Gasteiger partial charge in [-0.2, -0.15) is 0 Å². The standard InChI is InChI=1S/C23H27Cl2NO3S/c1-5-17(26-29-23(2,3)4)16-28-19-8-12-21(13-9-19)30-20-10-6-18(7-11-20)27-15-14-22(24)25/h6-14H,5,15-16H2,1-4H3.